The monoisotopic (exact) mass is 340 g/mol. The fourth-order valence-corrected chi connectivity index (χ4v) is 4.74. The first-order chi connectivity index (χ1) is 10.6. The molecule has 1 aromatic heterocycles. The lowest BCUT2D eigenvalue weighted by Crippen LogP contribution is -2.58. The number of pyridine rings is 1. The van der Waals surface area contributed by atoms with Gasteiger partial charge in [0.05, 0.1) is 11.3 Å². The van der Waals surface area contributed by atoms with E-state index in [-0.39, 0.29) is 12.1 Å². The number of anilines is 1. The summed E-state index contributed by atoms with van der Waals surface area (Å²) in [5.41, 5.74) is 5.55. The summed E-state index contributed by atoms with van der Waals surface area (Å²) >= 11 is 0. The largest absolute Gasteiger partial charge is 0.383 e. The van der Waals surface area contributed by atoms with Crippen LogP contribution >= 0.6 is 0 Å². The van der Waals surface area contributed by atoms with Crippen LogP contribution in [0.25, 0.3) is 0 Å². The molecule has 0 aliphatic heterocycles. The van der Waals surface area contributed by atoms with Gasteiger partial charge in [-0.05, 0) is 39.7 Å². The zero-order valence-corrected chi connectivity index (χ0v) is 14.5. The molecule has 0 atom stereocenters. The number of nitrogens with two attached hydrogens (primary N) is 1. The molecule has 0 aromatic carbocycles. The fraction of sp³-hybridized carbons (Fsp3) is 0.600. The van der Waals surface area contributed by atoms with Crippen LogP contribution in [0.4, 0.5) is 5.69 Å². The van der Waals surface area contributed by atoms with E-state index in [1.54, 1.807) is 6.07 Å². The van der Waals surface area contributed by atoms with Crippen molar-refractivity contribution in [2.45, 2.75) is 50.3 Å². The summed E-state index contributed by atoms with van der Waals surface area (Å²) in [6.45, 7) is 5.68. The number of amides is 1. The Kier molecular flexibility index (Phi) is 4.68. The van der Waals surface area contributed by atoms with Gasteiger partial charge in [-0.3, -0.25) is 9.78 Å². The molecule has 23 heavy (non-hydrogen) atoms. The van der Waals surface area contributed by atoms with Crippen LogP contribution in [-0.4, -0.2) is 36.1 Å². The first-order valence-electron chi connectivity index (χ1n) is 7.58. The van der Waals surface area contributed by atoms with Crippen LogP contribution in [0.2, 0.25) is 0 Å². The van der Waals surface area contributed by atoms with Crippen LogP contribution in [0.15, 0.2) is 18.5 Å². The topological polar surface area (TPSA) is 114 Å². The molecular formula is C15H24N4O3S. The van der Waals surface area contributed by atoms with Gasteiger partial charge in [-0.2, -0.15) is 0 Å². The molecule has 1 fully saturated rings. The third-order valence-electron chi connectivity index (χ3n) is 3.96. The molecule has 1 aliphatic rings. The Bertz CT molecular complexity index is 691. The lowest BCUT2D eigenvalue weighted by molar-refractivity contribution is 0.100. The van der Waals surface area contributed by atoms with Gasteiger partial charge >= 0.3 is 0 Å². The summed E-state index contributed by atoms with van der Waals surface area (Å²) in [4.78, 5) is 15.3. The van der Waals surface area contributed by atoms with Crippen LogP contribution < -0.4 is 15.8 Å². The van der Waals surface area contributed by atoms with Crippen molar-refractivity contribution in [3.05, 3.63) is 24.0 Å². The first kappa shape index (κ1) is 17.7. The van der Waals surface area contributed by atoms with Crippen molar-refractivity contribution in [1.29, 1.82) is 0 Å². The fourth-order valence-electron chi connectivity index (χ4n) is 2.62. The van der Waals surface area contributed by atoms with Crippen molar-refractivity contribution >= 4 is 21.6 Å². The molecule has 0 bridgehead atoms. The molecular weight excluding hydrogens is 316 g/mol. The van der Waals surface area contributed by atoms with E-state index in [2.05, 4.69) is 15.0 Å². The third kappa shape index (κ3) is 3.81. The zero-order chi connectivity index (χ0) is 17.3. The van der Waals surface area contributed by atoms with Crippen LogP contribution in [0.3, 0.4) is 0 Å². The van der Waals surface area contributed by atoms with Crippen LogP contribution in [-0.2, 0) is 10.0 Å². The van der Waals surface area contributed by atoms with Crippen molar-refractivity contribution in [3.8, 4) is 0 Å². The first-order valence-corrected chi connectivity index (χ1v) is 9.06. The molecule has 1 heterocycles. The van der Waals surface area contributed by atoms with E-state index in [0.29, 0.717) is 18.5 Å². The predicted molar refractivity (Wildman–Crippen MR) is 89.6 cm³/mol. The van der Waals surface area contributed by atoms with E-state index in [4.69, 9.17) is 5.73 Å². The molecule has 0 unspecified atom stereocenters. The van der Waals surface area contributed by atoms with E-state index in [1.165, 1.54) is 12.4 Å². The number of nitrogens with one attached hydrogen (secondary N) is 2. The molecule has 128 valence electrons. The molecule has 1 aliphatic carbocycles. The second-order valence-corrected chi connectivity index (χ2v) is 9.11. The van der Waals surface area contributed by atoms with Crippen LogP contribution in [0.5, 0.6) is 0 Å². The molecule has 0 radical (unpaired) electrons. The van der Waals surface area contributed by atoms with Gasteiger partial charge in [0.1, 0.15) is 4.75 Å². The van der Waals surface area contributed by atoms with E-state index in [0.717, 1.165) is 6.42 Å². The maximum absolute atomic E-state index is 12.7. The number of hydrogen-bond donors (Lipinski definition) is 3. The maximum atomic E-state index is 12.7. The Hall–Kier alpha value is -1.67. The lowest BCUT2D eigenvalue weighted by atomic mass is 9.84. The molecule has 7 nitrogen and oxygen atoms in total. The molecule has 0 saturated heterocycles. The van der Waals surface area contributed by atoms with Gasteiger partial charge in [0.25, 0.3) is 5.91 Å². The Balaban J connectivity index is 2.19. The van der Waals surface area contributed by atoms with Gasteiger partial charge in [-0.25, -0.2) is 13.1 Å². The Morgan fingerprint density at radius 2 is 2.04 bits per heavy atom. The quantitative estimate of drug-likeness (QED) is 0.721. The third-order valence-corrected chi connectivity index (χ3v) is 6.54. The molecule has 4 N–H and O–H groups in total. The van der Waals surface area contributed by atoms with Gasteiger partial charge in [0.15, 0.2) is 0 Å². The Morgan fingerprint density at radius 3 is 2.52 bits per heavy atom. The average molecular weight is 340 g/mol. The van der Waals surface area contributed by atoms with E-state index in [9.17, 15) is 13.2 Å². The van der Waals surface area contributed by atoms with E-state index in [1.807, 2.05) is 20.8 Å². The highest BCUT2D eigenvalue weighted by atomic mass is 32.2. The van der Waals surface area contributed by atoms with E-state index < -0.39 is 26.2 Å². The number of aromatic nitrogens is 1. The number of hydrogen-bond acceptors (Lipinski definition) is 5. The summed E-state index contributed by atoms with van der Waals surface area (Å²) < 4.78 is 27.3. The number of rotatable bonds is 6. The van der Waals surface area contributed by atoms with Crippen LogP contribution in [0, 0.1) is 0 Å². The number of carbonyl (C=O) groups excluding carboxylic acids is 1. The predicted octanol–water partition coefficient (Wildman–Crippen LogP) is 1.23. The molecule has 1 aromatic rings. The number of carbonyl (C=O) groups is 1. The summed E-state index contributed by atoms with van der Waals surface area (Å²) in [6.07, 6.45) is 4.95. The second-order valence-electron chi connectivity index (χ2n) is 7.03. The van der Waals surface area contributed by atoms with Gasteiger partial charge in [-0.15, -0.1) is 0 Å². The molecule has 2 rings (SSSR count). The standard InChI is InChI=1S/C15H24N4O3S/c1-14(2,3)19-23(21,22)15(6-4-7-15)10-18-12-5-8-17-9-11(12)13(16)20/h5,8-9,19H,4,6-7,10H2,1-3H3,(H2,16,20)(H,17,18). The Labute approximate surface area is 137 Å². The number of primary amides is 1. The van der Waals surface area contributed by atoms with Gasteiger partial charge < -0.3 is 11.1 Å². The normalized spacial score (nSPS) is 17.3. The van der Waals surface area contributed by atoms with E-state index >= 15 is 0 Å². The highest BCUT2D eigenvalue weighted by Crippen LogP contribution is 2.39. The summed E-state index contributed by atoms with van der Waals surface area (Å²) in [6, 6.07) is 1.62. The van der Waals surface area contributed by atoms with Crippen molar-refractivity contribution in [2.24, 2.45) is 5.73 Å². The van der Waals surface area contributed by atoms with Crippen molar-refractivity contribution in [3.63, 3.8) is 0 Å². The SMILES string of the molecule is CC(C)(C)NS(=O)(=O)C1(CNc2ccncc2C(N)=O)CCC1. The second kappa shape index (κ2) is 6.09. The minimum Gasteiger partial charge on any atom is -0.383 e. The number of sulfonamides is 1. The van der Waals surface area contributed by atoms with Crippen LogP contribution in [0.1, 0.15) is 50.4 Å². The van der Waals surface area contributed by atoms with Gasteiger partial charge in [0.2, 0.25) is 10.0 Å². The maximum Gasteiger partial charge on any atom is 0.252 e. The molecule has 0 spiro atoms. The minimum atomic E-state index is -3.49. The highest BCUT2D eigenvalue weighted by molar-refractivity contribution is 7.91. The zero-order valence-electron chi connectivity index (χ0n) is 13.7. The number of nitrogens with zero attached hydrogens (tertiary/aromatic N) is 1. The summed E-state index contributed by atoms with van der Waals surface area (Å²) in [5, 5.41) is 3.07. The van der Waals surface area contributed by atoms with Crippen molar-refractivity contribution in [2.75, 3.05) is 11.9 Å². The van der Waals surface area contributed by atoms with Crippen molar-refractivity contribution in [1.82, 2.24) is 9.71 Å². The molecule has 8 heteroatoms. The van der Waals surface area contributed by atoms with Gasteiger partial charge in [0, 0.05) is 24.5 Å². The minimum absolute atomic E-state index is 0.225. The molecule has 1 amide bonds. The smallest absolute Gasteiger partial charge is 0.252 e. The molecule has 1 saturated carbocycles. The summed E-state index contributed by atoms with van der Waals surface area (Å²) in [5.74, 6) is -0.598. The highest BCUT2D eigenvalue weighted by Gasteiger charge is 2.49. The summed E-state index contributed by atoms with van der Waals surface area (Å²) in [7, 11) is -3.49. The van der Waals surface area contributed by atoms with Crippen molar-refractivity contribution < 1.29 is 13.2 Å². The Morgan fingerprint density at radius 1 is 1.39 bits per heavy atom. The lowest BCUT2D eigenvalue weighted by Gasteiger charge is -2.42. The average Bonchev–Trinajstić information content (AvgIpc) is 2.34. The van der Waals surface area contributed by atoms with Gasteiger partial charge in [-0.1, -0.05) is 6.42 Å².